The van der Waals surface area contributed by atoms with Crippen molar-refractivity contribution in [3.05, 3.63) is 35.5 Å². The van der Waals surface area contributed by atoms with E-state index in [1.54, 1.807) is 12.1 Å². The van der Waals surface area contributed by atoms with Gasteiger partial charge in [-0.05, 0) is 39.8 Å². The lowest BCUT2D eigenvalue weighted by atomic mass is 10.0. The van der Waals surface area contributed by atoms with E-state index in [-0.39, 0.29) is 29.8 Å². The number of amides is 1. The van der Waals surface area contributed by atoms with Crippen molar-refractivity contribution in [2.75, 3.05) is 11.9 Å². The Morgan fingerprint density at radius 1 is 1.33 bits per heavy atom. The maximum Gasteiger partial charge on any atom is 0.265 e. The first kappa shape index (κ1) is 21.3. The molecule has 0 radical (unpaired) electrons. The molecule has 3 N–H and O–H groups in total. The molecule has 1 amide bonds. The standard InChI is InChI=1S/C21H23FN4O4/c1-11(2)26-17-13(19(27)24-10-16(22)21(3,4)28)9-25-20-18(17)29-15-7-12(8-23)5-6-14(15)30-20/h5-7,9,11,16,28H,10H2,1-4H3,(H,24,27)(H,25,26). The van der Waals surface area contributed by atoms with Gasteiger partial charge >= 0.3 is 0 Å². The Kier molecular flexibility index (Phi) is 5.80. The van der Waals surface area contributed by atoms with Crippen molar-refractivity contribution in [2.45, 2.75) is 45.5 Å². The molecular weight excluding hydrogens is 391 g/mol. The maximum atomic E-state index is 14.0. The predicted molar refractivity (Wildman–Crippen MR) is 108 cm³/mol. The molecule has 1 aromatic heterocycles. The second kappa shape index (κ2) is 8.16. The second-order valence-electron chi connectivity index (χ2n) is 7.79. The molecule has 3 rings (SSSR count). The van der Waals surface area contributed by atoms with Crippen LogP contribution in [-0.4, -0.2) is 40.4 Å². The summed E-state index contributed by atoms with van der Waals surface area (Å²) >= 11 is 0. The normalized spacial score (nSPS) is 13.3. The smallest absolute Gasteiger partial charge is 0.265 e. The minimum atomic E-state index is -1.65. The number of rotatable bonds is 6. The lowest BCUT2D eigenvalue weighted by Crippen LogP contribution is -2.42. The van der Waals surface area contributed by atoms with Gasteiger partial charge in [-0.2, -0.15) is 5.26 Å². The summed E-state index contributed by atoms with van der Waals surface area (Å²) in [6.45, 7) is 6.05. The average Bonchev–Trinajstić information content (AvgIpc) is 2.69. The van der Waals surface area contributed by atoms with Gasteiger partial charge in [-0.25, -0.2) is 9.37 Å². The number of alkyl halides is 1. The molecule has 9 heteroatoms. The Balaban J connectivity index is 1.94. The number of hydrogen-bond acceptors (Lipinski definition) is 7. The van der Waals surface area contributed by atoms with E-state index in [1.165, 1.54) is 26.1 Å². The predicted octanol–water partition coefficient (Wildman–Crippen LogP) is 3.51. The molecule has 158 valence electrons. The number of carbonyl (C=O) groups excluding carboxylic acids is 1. The first-order valence-electron chi connectivity index (χ1n) is 9.44. The number of hydrogen-bond donors (Lipinski definition) is 3. The van der Waals surface area contributed by atoms with Crippen LogP contribution in [0.5, 0.6) is 23.1 Å². The first-order valence-corrected chi connectivity index (χ1v) is 9.44. The monoisotopic (exact) mass is 414 g/mol. The van der Waals surface area contributed by atoms with E-state index >= 15 is 0 Å². The third-order valence-corrected chi connectivity index (χ3v) is 4.38. The van der Waals surface area contributed by atoms with Gasteiger partial charge in [0.1, 0.15) is 6.17 Å². The van der Waals surface area contributed by atoms with Crippen molar-refractivity contribution in [2.24, 2.45) is 0 Å². The van der Waals surface area contributed by atoms with Crippen LogP contribution < -0.4 is 20.1 Å². The highest BCUT2D eigenvalue weighted by molar-refractivity contribution is 6.01. The number of aromatic nitrogens is 1. The van der Waals surface area contributed by atoms with Crippen LogP contribution in [0.2, 0.25) is 0 Å². The number of nitrogens with one attached hydrogen (secondary N) is 2. The van der Waals surface area contributed by atoms with E-state index in [1.807, 2.05) is 19.9 Å². The van der Waals surface area contributed by atoms with Crippen LogP contribution in [0.15, 0.2) is 24.4 Å². The molecule has 0 saturated carbocycles. The average molecular weight is 414 g/mol. The molecule has 1 aromatic carbocycles. The number of pyridine rings is 1. The molecule has 0 bridgehead atoms. The molecule has 2 aromatic rings. The molecule has 0 saturated heterocycles. The van der Waals surface area contributed by atoms with Crippen molar-refractivity contribution in [1.29, 1.82) is 5.26 Å². The highest BCUT2D eigenvalue weighted by Crippen LogP contribution is 2.49. The summed E-state index contributed by atoms with van der Waals surface area (Å²) in [5, 5.41) is 24.5. The van der Waals surface area contributed by atoms with E-state index in [4.69, 9.17) is 14.7 Å². The lowest BCUT2D eigenvalue weighted by molar-refractivity contribution is -0.00177. The quantitative estimate of drug-likeness (QED) is 0.565. The number of carbonyl (C=O) groups is 1. The van der Waals surface area contributed by atoms with E-state index in [9.17, 15) is 14.3 Å². The third kappa shape index (κ3) is 4.44. The van der Waals surface area contributed by atoms with Gasteiger partial charge in [0.15, 0.2) is 11.5 Å². The van der Waals surface area contributed by atoms with Gasteiger partial charge in [0.25, 0.3) is 11.8 Å². The van der Waals surface area contributed by atoms with Gasteiger partial charge in [-0.1, -0.05) is 0 Å². The molecule has 1 aliphatic rings. The van der Waals surface area contributed by atoms with Gasteiger partial charge in [0.2, 0.25) is 5.75 Å². The van der Waals surface area contributed by atoms with Gasteiger partial charge < -0.3 is 25.2 Å². The Morgan fingerprint density at radius 2 is 2.07 bits per heavy atom. The highest BCUT2D eigenvalue weighted by atomic mass is 19.1. The van der Waals surface area contributed by atoms with Gasteiger partial charge in [-0.15, -0.1) is 0 Å². The summed E-state index contributed by atoms with van der Waals surface area (Å²) in [7, 11) is 0. The van der Waals surface area contributed by atoms with E-state index < -0.39 is 17.7 Å². The SMILES string of the molecule is CC(C)Nc1c(C(=O)NCC(F)C(C)(C)O)cnc2c1Oc1cc(C#N)ccc1O2. The number of aliphatic hydroxyl groups is 1. The van der Waals surface area contributed by atoms with Crippen molar-refractivity contribution in [1.82, 2.24) is 10.3 Å². The number of halogens is 1. The van der Waals surface area contributed by atoms with Crippen LogP contribution in [-0.2, 0) is 0 Å². The number of anilines is 1. The molecule has 0 fully saturated rings. The molecular formula is C21H23FN4O4. The van der Waals surface area contributed by atoms with Crippen LogP contribution in [0.3, 0.4) is 0 Å². The summed E-state index contributed by atoms with van der Waals surface area (Å²) in [5.74, 6) is 0.483. The van der Waals surface area contributed by atoms with Crippen molar-refractivity contribution in [3.63, 3.8) is 0 Å². The number of fused-ring (bicyclic) bond motifs is 2. The summed E-state index contributed by atoms with van der Waals surface area (Å²) in [6, 6.07) is 6.69. The Labute approximate surface area is 173 Å². The van der Waals surface area contributed by atoms with Gasteiger partial charge in [-0.3, -0.25) is 4.79 Å². The number of nitrogens with zero attached hydrogens (tertiary/aromatic N) is 2. The fourth-order valence-electron chi connectivity index (χ4n) is 2.73. The topological polar surface area (TPSA) is 117 Å². The highest BCUT2D eigenvalue weighted by Gasteiger charge is 2.30. The largest absolute Gasteiger partial charge is 0.445 e. The van der Waals surface area contributed by atoms with E-state index in [0.29, 0.717) is 22.7 Å². The zero-order valence-electron chi connectivity index (χ0n) is 17.1. The zero-order chi connectivity index (χ0) is 22.1. The Hall–Kier alpha value is -3.38. The van der Waals surface area contributed by atoms with Gasteiger partial charge in [0, 0.05) is 18.3 Å². The molecule has 1 aliphatic heterocycles. The van der Waals surface area contributed by atoms with Crippen molar-refractivity contribution in [3.8, 4) is 29.2 Å². The van der Waals surface area contributed by atoms with Crippen LogP contribution >= 0.6 is 0 Å². The molecule has 8 nitrogen and oxygen atoms in total. The molecule has 0 aliphatic carbocycles. The zero-order valence-corrected chi connectivity index (χ0v) is 17.1. The number of benzene rings is 1. The van der Waals surface area contributed by atoms with Crippen LogP contribution in [0.1, 0.15) is 43.6 Å². The molecule has 1 atom stereocenters. The first-order chi connectivity index (χ1) is 14.1. The second-order valence-corrected chi connectivity index (χ2v) is 7.79. The van der Waals surface area contributed by atoms with Gasteiger partial charge in [0.05, 0.1) is 35.0 Å². The Morgan fingerprint density at radius 3 is 2.70 bits per heavy atom. The summed E-state index contributed by atoms with van der Waals surface area (Å²) < 4.78 is 25.7. The third-order valence-electron chi connectivity index (χ3n) is 4.38. The molecule has 2 heterocycles. The molecule has 30 heavy (non-hydrogen) atoms. The van der Waals surface area contributed by atoms with Crippen LogP contribution in [0.4, 0.5) is 10.1 Å². The minimum absolute atomic E-state index is 0.0659. The van der Waals surface area contributed by atoms with E-state index in [0.717, 1.165) is 0 Å². The van der Waals surface area contributed by atoms with Crippen molar-refractivity contribution < 1.29 is 23.8 Å². The van der Waals surface area contributed by atoms with E-state index in [2.05, 4.69) is 15.6 Å². The molecule has 0 spiro atoms. The van der Waals surface area contributed by atoms with Crippen molar-refractivity contribution >= 4 is 11.6 Å². The fourth-order valence-corrected chi connectivity index (χ4v) is 2.73. The maximum absolute atomic E-state index is 14.0. The number of nitriles is 1. The van der Waals surface area contributed by atoms with Crippen LogP contribution in [0, 0.1) is 11.3 Å². The summed E-state index contributed by atoms with van der Waals surface area (Å²) in [6.07, 6.45) is -0.335. The molecule has 1 unspecified atom stereocenters. The fraction of sp³-hybridized carbons (Fsp3) is 0.381. The summed E-state index contributed by atoms with van der Waals surface area (Å²) in [5.41, 5.74) is -0.728. The Bertz CT molecular complexity index is 1010. The minimum Gasteiger partial charge on any atom is -0.445 e. The number of ether oxygens (including phenoxy) is 2. The lowest BCUT2D eigenvalue weighted by Gasteiger charge is -2.25. The summed E-state index contributed by atoms with van der Waals surface area (Å²) in [4.78, 5) is 16.9. The van der Waals surface area contributed by atoms with Crippen LogP contribution in [0.25, 0.3) is 0 Å².